The van der Waals surface area contributed by atoms with E-state index in [-0.39, 0.29) is 17.7 Å². The predicted octanol–water partition coefficient (Wildman–Crippen LogP) is 1.76. The van der Waals surface area contributed by atoms with Crippen LogP contribution in [0.25, 0.3) is 0 Å². The van der Waals surface area contributed by atoms with Crippen LogP contribution in [0.2, 0.25) is 0 Å². The van der Waals surface area contributed by atoms with Crippen LogP contribution in [0.4, 0.5) is 0 Å². The molecule has 0 aliphatic heterocycles. The number of carbonyl (C=O) groups is 1. The van der Waals surface area contributed by atoms with E-state index in [1.165, 1.54) is 6.08 Å². The van der Waals surface area contributed by atoms with Crippen LogP contribution in [0.5, 0.6) is 5.75 Å². The summed E-state index contributed by atoms with van der Waals surface area (Å²) in [7, 11) is 0. The fourth-order valence-electron chi connectivity index (χ4n) is 1.12. The maximum Gasteiger partial charge on any atom is 0.243 e. The van der Waals surface area contributed by atoms with Crippen molar-refractivity contribution in [3.63, 3.8) is 0 Å². The van der Waals surface area contributed by atoms with Crippen molar-refractivity contribution in [2.45, 2.75) is 13.0 Å². The zero-order valence-electron chi connectivity index (χ0n) is 8.03. The van der Waals surface area contributed by atoms with Gasteiger partial charge in [0, 0.05) is 0 Å². The van der Waals surface area contributed by atoms with E-state index in [1.807, 2.05) is 6.92 Å². The third-order valence-corrected chi connectivity index (χ3v) is 1.94. The van der Waals surface area contributed by atoms with Gasteiger partial charge in [-0.2, -0.15) is 0 Å². The number of hydrogen-bond donors (Lipinski definition) is 2. The van der Waals surface area contributed by atoms with Crippen molar-refractivity contribution in [3.05, 3.63) is 42.5 Å². The molecule has 1 atom stereocenters. The Labute approximate surface area is 83.1 Å². The van der Waals surface area contributed by atoms with E-state index in [2.05, 4.69) is 11.9 Å². The smallest absolute Gasteiger partial charge is 0.243 e. The molecule has 2 N–H and O–H groups in total. The molecule has 3 heteroatoms. The van der Waals surface area contributed by atoms with Gasteiger partial charge in [0.1, 0.15) is 5.75 Å². The maximum atomic E-state index is 11.0. The van der Waals surface area contributed by atoms with Gasteiger partial charge >= 0.3 is 0 Å². The van der Waals surface area contributed by atoms with Gasteiger partial charge < -0.3 is 10.4 Å². The molecular weight excluding hydrogens is 178 g/mol. The third-order valence-electron chi connectivity index (χ3n) is 1.94. The second-order valence-corrected chi connectivity index (χ2v) is 3.03. The molecule has 0 heterocycles. The summed E-state index contributed by atoms with van der Waals surface area (Å²) in [6.07, 6.45) is 1.23. The molecule has 74 valence electrons. The van der Waals surface area contributed by atoms with E-state index < -0.39 is 0 Å². The number of phenols is 1. The van der Waals surface area contributed by atoms with Crippen molar-refractivity contribution in [2.75, 3.05) is 0 Å². The molecule has 0 aromatic heterocycles. The summed E-state index contributed by atoms with van der Waals surface area (Å²) < 4.78 is 0. The first kappa shape index (κ1) is 10.3. The van der Waals surface area contributed by atoms with Crippen LogP contribution in [0.15, 0.2) is 36.9 Å². The number of benzene rings is 1. The topological polar surface area (TPSA) is 49.3 Å². The summed E-state index contributed by atoms with van der Waals surface area (Å²) in [4.78, 5) is 11.0. The molecule has 1 unspecified atom stereocenters. The minimum Gasteiger partial charge on any atom is -0.508 e. The number of aromatic hydroxyl groups is 1. The van der Waals surface area contributed by atoms with Gasteiger partial charge in [0.2, 0.25) is 5.91 Å². The van der Waals surface area contributed by atoms with Crippen molar-refractivity contribution < 1.29 is 9.90 Å². The Bertz CT molecular complexity index is 330. The lowest BCUT2D eigenvalue weighted by atomic mass is 10.1. The Morgan fingerprint density at radius 1 is 1.50 bits per heavy atom. The monoisotopic (exact) mass is 191 g/mol. The van der Waals surface area contributed by atoms with Crippen molar-refractivity contribution in [1.82, 2.24) is 5.32 Å². The molecule has 1 aromatic carbocycles. The second kappa shape index (κ2) is 4.46. The van der Waals surface area contributed by atoms with Gasteiger partial charge in [-0.05, 0) is 30.7 Å². The SMILES string of the molecule is C=CC(=O)NC(C)c1ccc(O)cc1. The Hall–Kier alpha value is -1.77. The Balaban J connectivity index is 2.69. The van der Waals surface area contributed by atoms with Crippen LogP contribution in [0.3, 0.4) is 0 Å². The minimum atomic E-state index is -0.203. The fourth-order valence-corrected chi connectivity index (χ4v) is 1.12. The van der Waals surface area contributed by atoms with Crippen LogP contribution in [-0.4, -0.2) is 11.0 Å². The number of nitrogens with one attached hydrogen (secondary N) is 1. The molecule has 3 nitrogen and oxygen atoms in total. The molecular formula is C11H13NO2. The summed E-state index contributed by atoms with van der Waals surface area (Å²) in [5.41, 5.74) is 0.943. The zero-order chi connectivity index (χ0) is 10.6. The number of hydrogen-bond acceptors (Lipinski definition) is 2. The van der Waals surface area contributed by atoms with Crippen LogP contribution < -0.4 is 5.32 Å². The predicted molar refractivity (Wildman–Crippen MR) is 54.9 cm³/mol. The largest absolute Gasteiger partial charge is 0.508 e. The quantitative estimate of drug-likeness (QED) is 0.715. The summed E-state index contributed by atoms with van der Waals surface area (Å²) in [6.45, 7) is 5.24. The van der Waals surface area contributed by atoms with Crippen molar-refractivity contribution in [3.8, 4) is 5.75 Å². The van der Waals surface area contributed by atoms with E-state index in [4.69, 9.17) is 5.11 Å². The van der Waals surface area contributed by atoms with E-state index in [1.54, 1.807) is 24.3 Å². The lowest BCUT2D eigenvalue weighted by Crippen LogP contribution is -2.24. The number of rotatable bonds is 3. The Morgan fingerprint density at radius 3 is 2.57 bits per heavy atom. The summed E-state index contributed by atoms with van der Waals surface area (Å²) in [6, 6.07) is 6.63. The van der Waals surface area contributed by atoms with Crippen LogP contribution in [-0.2, 0) is 4.79 Å². The van der Waals surface area contributed by atoms with Gasteiger partial charge in [-0.3, -0.25) is 4.79 Å². The molecule has 0 fully saturated rings. The standard InChI is InChI=1S/C11H13NO2/c1-3-11(14)12-8(2)9-4-6-10(13)7-5-9/h3-8,13H,1H2,2H3,(H,12,14). The average Bonchev–Trinajstić information content (AvgIpc) is 2.18. The molecule has 1 aromatic rings. The molecule has 1 rings (SSSR count). The molecule has 0 bridgehead atoms. The number of amides is 1. The van der Waals surface area contributed by atoms with Gasteiger partial charge in [-0.1, -0.05) is 18.7 Å². The third kappa shape index (κ3) is 2.62. The zero-order valence-corrected chi connectivity index (χ0v) is 8.03. The summed E-state index contributed by atoms with van der Waals surface area (Å²) >= 11 is 0. The molecule has 0 aliphatic rings. The molecule has 0 aliphatic carbocycles. The molecule has 0 saturated heterocycles. The average molecular weight is 191 g/mol. The van der Waals surface area contributed by atoms with E-state index in [0.717, 1.165) is 5.56 Å². The highest BCUT2D eigenvalue weighted by molar-refractivity contribution is 5.87. The van der Waals surface area contributed by atoms with Gasteiger partial charge in [0.15, 0.2) is 0 Å². The molecule has 0 spiro atoms. The van der Waals surface area contributed by atoms with Crippen LogP contribution >= 0.6 is 0 Å². The first-order valence-electron chi connectivity index (χ1n) is 4.35. The highest BCUT2D eigenvalue weighted by Crippen LogP contribution is 2.15. The van der Waals surface area contributed by atoms with Gasteiger partial charge in [0.25, 0.3) is 0 Å². The normalized spacial score (nSPS) is 11.8. The van der Waals surface area contributed by atoms with Gasteiger partial charge in [-0.25, -0.2) is 0 Å². The van der Waals surface area contributed by atoms with Gasteiger partial charge in [0.05, 0.1) is 6.04 Å². The second-order valence-electron chi connectivity index (χ2n) is 3.03. The van der Waals surface area contributed by atoms with Crippen molar-refractivity contribution in [1.29, 1.82) is 0 Å². The lowest BCUT2D eigenvalue weighted by Gasteiger charge is -2.12. The Kier molecular flexibility index (Phi) is 3.29. The van der Waals surface area contributed by atoms with E-state index in [0.29, 0.717) is 0 Å². The van der Waals surface area contributed by atoms with E-state index in [9.17, 15) is 4.79 Å². The maximum absolute atomic E-state index is 11.0. The van der Waals surface area contributed by atoms with Crippen molar-refractivity contribution in [2.24, 2.45) is 0 Å². The van der Waals surface area contributed by atoms with E-state index >= 15 is 0 Å². The van der Waals surface area contributed by atoms with Crippen LogP contribution in [0.1, 0.15) is 18.5 Å². The summed E-state index contributed by atoms with van der Waals surface area (Å²) in [5.74, 6) is 0.0153. The highest BCUT2D eigenvalue weighted by Gasteiger charge is 2.06. The minimum absolute atomic E-state index is 0.0823. The molecule has 0 radical (unpaired) electrons. The Morgan fingerprint density at radius 2 is 2.07 bits per heavy atom. The fraction of sp³-hybridized carbons (Fsp3) is 0.182. The molecule has 0 saturated carbocycles. The highest BCUT2D eigenvalue weighted by atomic mass is 16.3. The number of phenolic OH excluding ortho intramolecular Hbond substituents is 1. The first-order chi connectivity index (χ1) is 6.63. The number of carbonyl (C=O) groups excluding carboxylic acids is 1. The molecule has 1 amide bonds. The van der Waals surface area contributed by atoms with Crippen molar-refractivity contribution >= 4 is 5.91 Å². The van der Waals surface area contributed by atoms with Gasteiger partial charge in [-0.15, -0.1) is 0 Å². The molecule has 14 heavy (non-hydrogen) atoms. The first-order valence-corrected chi connectivity index (χ1v) is 4.35. The lowest BCUT2D eigenvalue weighted by molar-refractivity contribution is -0.117. The van der Waals surface area contributed by atoms with Crippen LogP contribution in [0, 0.1) is 0 Å². The summed E-state index contributed by atoms with van der Waals surface area (Å²) in [5, 5.41) is 11.8.